The molecule has 1 rings (SSSR count). The molecule has 0 bridgehead atoms. The van der Waals surface area contributed by atoms with Crippen LogP contribution in [0.1, 0.15) is 31.1 Å². The van der Waals surface area contributed by atoms with E-state index in [1.165, 1.54) is 19.4 Å². The summed E-state index contributed by atoms with van der Waals surface area (Å²) in [7, 11) is 1.49. The van der Waals surface area contributed by atoms with Gasteiger partial charge in [0.25, 0.3) is 0 Å². The van der Waals surface area contributed by atoms with E-state index in [1.54, 1.807) is 32.9 Å². The maximum absolute atomic E-state index is 11.5. The van der Waals surface area contributed by atoms with E-state index in [9.17, 15) is 9.59 Å². The first kappa shape index (κ1) is 15.8. The second-order valence-electron chi connectivity index (χ2n) is 4.98. The smallest absolute Gasteiger partial charge is 0.334 e. The van der Waals surface area contributed by atoms with Gasteiger partial charge in [0.15, 0.2) is 11.5 Å². The summed E-state index contributed by atoms with van der Waals surface area (Å²) < 4.78 is 15.5. The first-order chi connectivity index (χ1) is 9.35. The predicted molar refractivity (Wildman–Crippen MR) is 74.0 cm³/mol. The van der Waals surface area contributed by atoms with Gasteiger partial charge in [-0.25, -0.2) is 4.79 Å². The Kier molecular flexibility index (Phi) is 5.32. The third-order valence-electron chi connectivity index (χ3n) is 2.13. The summed E-state index contributed by atoms with van der Waals surface area (Å²) in [5.74, 6) is 0.296. The molecular formula is C15H18O5. The second kappa shape index (κ2) is 6.75. The zero-order chi connectivity index (χ0) is 15.2. The van der Waals surface area contributed by atoms with Crippen LogP contribution >= 0.6 is 0 Å². The number of carbonyl (C=O) groups excluding carboxylic acids is 2. The first-order valence-electron chi connectivity index (χ1n) is 6.05. The number of ether oxygens (including phenoxy) is 3. The van der Waals surface area contributed by atoms with Crippen molar-refractivity contribution >= 4 is 12.3 Å². The van der Waals surface area contributed by atoms with Gasteiger partial charge >= 0.3 is 5.97 Å². The summed E-state index contributed by atoms with van der Waals surface area (Å²) in [5.41, 5.74) is -0.109. The predicted octanol–water partition coefficient (Wildman–Crippen LogP) is 2.74. The molecule has 0 fully saturated rings. The number of rotatable bonds is 5. The van der Waals surface area contributed by atoms with E-state index in [0.29, 0.717) is 23.3 Å². The molecule has 1 aromatic rings. The van der Waals surface area contributed by atoms with Crippen molar-refractivity contribution in [3.63, 3.8) is 0 Å². The molecule has 108 valence electrons. The summed E-state index contributed by atoms with van der Waals surface area (Å²) in [6.45, 7) is 5.32. The Morgan fingerprint density at radius 2 is 1.90 bits per heavy atom. The fraction of sp³-hybridized carbons (Fsp3) is 0.333. The van der Waals surface area contributed by atoms with Crippen LogP contribution in [-0.2, 0) is 9.53 Å². The average Bonchev–Trinajstić information content (AvgIpc) is 2.36. The largest absolute Gasteiger partial charge is 0.493 e. The van der Waals surface area contributed by atoms with Crippen LogP contribution in [0.25, 0.3) is 0 Å². The van der Waals surface area contributed by atoms with Crippen LogP contribution in [0.2, 0.25) is 0 Å². The Bertz CT molecular complexity index is 511. The van der Waals surface area contributed by atoms with E-state index >= 15 is 0 Å². The van der Waals surface area contributed by atoms with Gasteiger partial charge in [-0.1, -0.05) is 0 Å². The third-order valence-corrected chi connectivity index (χ3v) is 2.13. The van der Waals surface area contributed by atoms with Crippen LogP contribution in [-0.4, -0.2) is 25.0 Å². The number of carbonyl (C=O) groups is 2. The fourth-order valence-corrected chi connectivity index (χ4v) is 1.36. The van der Waals surface area contributed by atoms with Crippen LogP contribution in [0.3, 0.4) is 0 Å². The summed E-state index contributed by atoms with van der Waals surface area (Å²) in [6, 6.07) is 4.74. The maximum Gasteiger partial charge on any atom is 0.334 e. The Morgan fingerprint density at radius 1 is 1.20 bits per heavy atom. The van der Waals surface area contributed by atoms with E-state index in [1.807, 2.05) is 0 Å². The minimum atomic E-state index is -0.559. The van der Waals surface area contributed by atoms with Crippen molar-refractivity contribution in [1.29, 1.82) is 0 Å². The molecule has 0 saturated carbocycles. The molecule has 0 unspecified atom stereocenters. The van der Waals surface area contributed by atoms with Crippen molar-refractivity contribution in [1.82, 2.24) is 0 Å². The van der Waals surface area contributed by atoms with Crippen LogP contribution in [0.5, 0.6) is 11.5 Å². The minimum absolute atomic E-state index is 0.344. The van der Waals surface area contributed by atoms with Gasteiger partial charge in [0.05, 0.1) is 19.4 Å². The summed E-state index contributed by atoms with van der Waals surface area (Å²) in [5, 5.41) is 0. The summed E-state index contributed by atoms with van der Waals surface area (Å²) in [4.78, 5) is 22.2. The lowest BCUT2D eigenvalue weighted by molar-refractivity contribution is -0.148. The molecule has 0 saturated heterocycles. The molecule has 0 radical (unpaired) electrons. The van der Waals surface area contributed by atoms with Gasteiger partial charge in [0, 0.05) is 5.56 Å². The number of aldehydes is 1. The van der Waals surface area contributed by atoms with E-state index in [2.05, 4.69) is 0 Å². The molecule has 0 aromatic heterocycles. The molecule has 0 spiro atoms. The van der Waals surface area contributed by atoms with Gasteiger partial charge in [0.1, 0.15) is 11.9 Å². The van der Waals surface area contributed by atoms with Gasteiger partial charge in [-0.2, -0.15) is 0 Å². The van der Waals surface area contributed by atoms with Crippen LogP contribution in [0.4, 0.5) is 0 Å². The Morgan fingerprint density at radius 3 is 2.45 bits per heavy atom. The first-order valence-corrected chi connectivity index (χ1v) is 6.05. The monoisotopic (exact) mass is 278 g/mol. The second-order valence-corrected chi connectivity index (χ2v) is 4.98. The lowest BCUT2D eigenvalue weighted by Crippen LogP contribution is -2.22. The number of hydrogen-bond acceptors (Lipinski definition) is 5. The third kappa shape index (κ3) is 5.14. The lowest BCUT2D eigenvalue weighted by Gasteiger charge is -2.17. The highest BCUT2D eigenvalue weighted by atomic mass is 16.6. The molecule has 0 heterocycles. The highest BCUT2D eigenvalue weighted by molar-refractivity contribution is 5.82. The van der Waals surface area contributed by atoms with E-state index in [0.717, 1.165) is 6.08 Å². The van der Waals surface area contributed by atoms with Crippen molar-refractivity contribution < 1.29 is 23.8 Å². The normalized spacial score (nSPS) is 11.2. The Labute approximate surface area is 118 Å². The zero-order valence-electron chi connectivity index (χ0n) is 12.0. The molecule has 0 aliphatic carbocycles. The molecule has 20 heavy (non-hydrogen) atoms. The molecule has 0 aliphatic heterocycles. The SMILES string of the molecule is COc1ccc(C=O)cc1O/C=C/C(=O)OC(C)(C)C. The molecular weight excluding hydrogens is 260 g/mol. The fourth-order valence-electron chi connectivity index (χ4n) is 1.36. The van der Waals surface area contributed by atoms with Crippen LogP contribution in [0.15, 0.2) is 30.5 Å². The Balaban J connectivity index is 2.73. The number of esters is 1. The highest BCUT2D eigenvalue weighted by Crippen LogP contribution is 2.27. The van der Waals surface area contributed by atoms with Crippen molar-refractivity contribution in [3.8, 4) is 11.5 Å². The average molecular weight is 278 g/mol. The highest BCUT2D eigenvalue weighted by Gasteiger charge is 2.14. The molecule has 0 N–H and O–H groups in total. The number of hydrogen-bond donors (Lipinski definition) is 0. The van der Waals surface area contributed by atoms with Gasteiger partial charge in [-0.15, -0.1) is 0 Å². The molecule has 0 aliphatic rings. The Hall–Kier alpha value is -2.30. The zero-order valence-corrected chi connectivity index (χ0v) is 12.0. The molecule has 5 heteroatoms. The van der Waals surface area contributed by atoms with Crippen molar-refractivity contribution in [2.75, 3.05) is 7.11 Å². The van der Waals surface area contributed by atoms with E-state index < -0.39 is 11.6 Å². The molecule has 1 aromatic carbocycles. The van der Waals surface area contributed by atoms with Crippen LogP contribution < -0.4 is 9.47 Å². The summed E-state index contributed by atoms with van der Waals surface area (Å²) in [6.07, 6.45) is 3.06. The van der Waals surface area contributed by atoms with E-state index in [-0.39, 0.29) is 0 Å². The quantitative estimate of drug-likeness (QED) is 0.359. The minimum Gasteiger partial charge on any atom is -0.493 e. The van der Waals surface area contributed by atoms with Gasteiger partial charge in [0.2, 0.25) is 0 Å². The topological polar surface area (TPSA) is 61.8 Å². The van der Waals surface area contributed by atoms with Crippen molar-refractivity contribution in [2.45, 2.75) is 26.4 Å². The standard InChI is InChI=1S/C15H18O5/c1-15(2,3)20-14(17)7-8-19-13-9-11(10-16)5-6-12(13)18-4/h5-10H,1-4H3/b8-7+. The summed E-state index contributed by atoms with van der Waals surface area (Å²) >= 11 is 0. The molecule has 0 amide bonds. The molecule has 5 nitrogen and oxygen atoms in total. The van der Waals surface area contributed by atoms with Crippen LogP contribution in [0, 0.1) is 0 Å². The number of methoxy groups -OCH3 is 1. The maximum atomic E-state index is 11.5. The van der Waals surface area contributed by atoms with Crippen molar-refractivity contribution in [2.24, 2.45) is 0 Å². The van der Waals surface area contributed by atoms with Gasteiger partial charge in [-0.3, -0.25) is 4.79 Å². The van der Waals surface area contributed by atoms with Crippen molar-refractivity contribution in [3.05, 3.63) is 36.1 Å². The van der Waals surface area contributed by atoms with E-state index in [4.69, 9.17) is 14.2 Å². The van der Waals surface area contributed by atoms with Gasteiger partial charge in [-0.05, 0) is 39.0 Å². The number of benzene rings is 1. The van der Waals surface area contributed by atoms with Gasteiger partial charge < -0.3 is 14.2 Å². The molecule has 0 atom stereocenters. The lowest BCUT2D eigenvalue weighted by atomic mass is 10.2.